The summed E-state index contributed by atoms with van der Waals surface area (Å²) in [5.74, 6) is 0.620. The summed E-state index contributed by atoms with van der Waals surface area (Å²) in [6.45, 7) is 1.79. The van der Waals surface area contributed by atoms with Gasteiger partial charge in [0.2, 0.25) is 0 Å². The Balaban J connectivity index is 1.88. The van der Waals surface area contributed by atoms with E-state index in [0.29, 0.717) is 23.9 Å². The largest absolute Gasteiger partial charge is 0.497 e. The highest BCUT2D eigenvalue weighted by atomic mass is 79.9. The minimum atomic E-state index is -0.0660. The molecule has 1 fully saturated rings. The van der Waals surface area contributed by atoms with Crippen molar-refractivity contribution in [3.8, 4) is 5.75 Å². The SMILES string of the molecule is COc1ccc(Br)c(C(=O)NCC[C@H]2CCCN2)c1. The standard InChI is InChI=1S/C14H19BrN2O2/c1-19-11-4-5-13(15)12(9-11)14(18)17-8-6-10-3-2-7-16-10/h4-5,9-10,16H,2-3,6-8H2,1H3,(H,17,18)/t10-/m1/s1. The number of nitrogens with one attached hydrogen (secondary N) is 2. The zero-order valence-corrected chi connectivity index (χ0v) is 12.6. The van der Waals surface area contributed by atoms with Gasteiger partial charge < -0.3 is 15.4 Å². The molecule has 0 unspecified atom stereocenters. The monoisotopic (exact) mass is 326 g/mol. The van der Waals surface area contributed by atoms with Crippen molar-refractivity contribution >= 4 is 21.8 Å². The summed E-state index contributed by atoms with van der Waals surface area (Å²) in [4.78, 5) is 12.1. The van der Waals surface area contributed by atoms with Crippen molar-refractivity contribution in [2.75, 3.05) is 20.2 Å². The fraction of sp³-hybridized carbons (Fsp3) is 0.500. The molecule has 1 aliphatic heterocycles. The number of rotatable bonds is 5. The predicted molar refractivity (Wildman–Crippen MR) is 78.7 cm³/mol. The maximum Gasteiger partial charge on any atom is 0.252 e. The molecule has 0 aromatic heterocycles. The Hall–Kier alpha value is -1.07. The minimum Gasteiger partial charge on any atom is -0.497 e. The lowest BCUT2D eigenvalue weighted by Gasteiger charge is -2.12. The second-order valence-electron chi connectivity index (χ2n) is 4.68. The molecule has 19 heavy (non-hydrogen) atoms. The van der Waals surface area contributed by atoms with Crippen molar-refractivity contribution in [2.45, 2.75) is 25.3 Å². The molecule has 0 saturated carbocycles. The number of hydrogen-bond acceptors (Lipinski definition) is 3. The van der Waals surface area contributed by atoms with Gasteiger partial charge in [-0.3, -0.25) is 4.79 Å². The molecular weight excluding hydrogens is 308 g/mol. The van der Waals surface area contributed by atoms with Crippen LogP contribution in [0.15, 0.2) is 22.7 Å². The van der Waals surface area contributed by atoms with E-state index in [-0.39, 0.29) is 5.91 Å². The lowest BCUT2D eigenvalue weighted by atomic mass is 10.1. The van der Waals surface area contributed by atoms with Gasteiger partial charge in [0.25, 0.3) is 5.91 Å². The van der Waals surface area contributed by atoms with Crippen molar-refractivity contribution in [2.24, 2.45) is 0 Å². The Morgan fingerprint density at radius 1 is 1.58 bits per heavy atom. The molecule has 1 atom stereocenters. The third-order valence-corrected chi connectivity index (χ3v) is 4.05. The molecule has 1 aromatic carbocycles. The first-order valence-electron chi connectivity index (χ1n) is 6.56. The molecule has 2 N–H and O–H groups in total. The molecule has 1 aromatic rings. The van der Waals surface area contributed by atoms with E-state index >= 15 is 0 Å². The first-order chi connectivity index (χ1) is 9.20. The van der Waals surface area contributed by atoms with Gasteiger partial charge in [-0.15, -0.1) is 0 Å². The number of amides is 1. The number of halogens is 1. The normalized spacial score (nSPS) is 18.3. The van der Waals surface area contributed by atoms with Gasteiger partial charge in [-0.05, 0) is 59.9 Å². The molecule has 104 valence electrons. The molecule has 0 bridgehead atoms. The zero-order valence-electron chi connectivity index (χ0n) is 11.0. The fourth-order valence-corrected chi connectivity index (χ4v) is 2.69. The number of ether oxygens (including phenoxy) is 1. The lowest BCUT2D eigenvalue weighted by Crippen LogP contribution is -2.30. The van der Waals surface area contributed by atoms with Crippen LogP contribution in [-0.2, 0) is 0 Å². The smallest absolute Gasteiger partial charge is 0.252 e. The maximum atomic E-state index is 12.1. The van der Waals surface area contributed by atoms with Crippen LogP contribution in [-0.4, -0.2) is 32.1 Å². The Morgan fingerprint density at radius 3 is 3.11 bits per heavy atom. The number of hydrogen-bond donors (Lipinski definition) is 2. The minimum absolute atomic E-state index is 0.0660. The van der Waals surface area contributed by atoms with Gasteiger partial charge in [-0.2, -0.15) is 0 Å². The van der Waals surface area contributed by atoms with Crippen LogP contribution in [0.2, 0.25) is 0 Å². The zero-order chi connectivity index (χ0) is 13.7. The highest BCUT2D eigenvalue weighted by Gasteiger charge is 2.15. The Labute approximate surface area is 122 Å². The number of benzene rings is 1. The molecule has 1 aliphatic rings. The van der Waals surface area contributed by atoms with E-state index in [0.717, 1.165) is 17.4 Å². The van der Waals surface area contributed by atoms with Crippen LogP contribution in [0.4, 0.5) is 0 Å². The van der Waals surface area contributed by atoms with Gasteiger partial charge in [-0.1, -0.05) is 0 Å². The average molecular weight is 327 g/mol. The van der Waals surface area contributed by atoms with Gasteiger partial charge in [0.05, 0.1) is 12.7 Å². The van der Waals surface area contributed by atoms with Gasteiger partial charge in [0, 0.05) is 17.1 Å². The van der Waals surface area contributed by atoms with Crippen LogP contribution in [0.1, 0.15) is 29.6 Å². The lowest BCUT2D eigenvalue weighted by molar-refractivity contribution is 0.0951. The number of carbonyl (C=O) groups is 1. The van der Waals surface area contributed by atoms with Gasteiger partial charge >= 0.3 is 0 Å². The van der Waals surface area contributed by atoms with E-state index in [1.54, 1.807) is 13.2 Å². The predicted octanol–water partition coefficient (Wildman–Crippen LogP) is 2.33. The van der Waals surface area contributed by atoms with E-state index in [1.165, 1.54) is 12.8 Å². The van der Waals surface area contributed by atoms with Crippen molar-refractivity contribution in [3.05, 3.63) is 28.2 Å². The summed E-state index contributed by atoms with van der Waals surface area (Å²) < 4.78 is 5.92. The quantitative estimate of drug-likeness (QED) is 0.873. The Morgan fingerprint density at radius 2 is 2.42 bits per heavy atom. The highest BCUT2D eigenvalue weighted by Crippen LogP contribution is 2.22. The van der Waals surface area contributed by atoms with E-state index in [1.807, 2.05) is 12.1 Å². The van der Waals surface area contributed by atoms with Gasteiger partial charge in [-0.25, -0.2) is 0 Å². The first-order valence-corrected chi connectivity index (χ1v) is 7.35. The molecule has 0 spiro atoms. The van der Waals surface area contributed by atoms with Crippen molar-refractivity contribution in [1.82, 2.24) is 10.6 Å². The molecule has 1 amide bonds. The van der Waals surface area contributed by atoms with Crippen LogP contribution < -0.4 is 15.4 Å². The highest BCUT2D eigenvalue weighted by molar-refractivity contribution is 9.10. The molecular formula is C14H19BrN2O2. The first kappa shape index (κ1) is 14.3. The third-order valence-electron chi connectivity index (χ3n) is 3.36. The van der Waals surface area contributed by atoms with Crippen LogP contribution >= 0.6 is 15.9 Å². The second-order valence-corrected chi connectivity index (χ2v) is 5.54. The van der Waals surface area contributed by atoms with Crippen LogP contribution in [0.3, 0.4) is 0 Å². The van der Waals surface area contributed by atoms with Gasteiger partial charge in [0.1, 0.15) is 5.75 Å². The summed E-state index contributed by atoms with van der Waals surface area (Å²) in [7, 11) is 1.59. The van der Waals surface area contributed by atoms with E-state index < -0.39 is 0 Å². The molecule has 0 radical (unpaired) electrons. The molecule has 1 heterocycles. The van der Waals surface area contributed by atoms with E-state index in [4.69, 9.17) is 4.74 Å². The number of methoxy groups -OCH3 is 1. The molecule has 4 nitrogen and oxygen atoms in total. The summed E-state index contributed by atoms with van der Waals surface area (Å²) in [5, 5.41) is 6.37. The molecule has 5 heteroatoms. The van der Waals surface area contributed by atoms with Crippen LogP contribution in [0.25, 0.3) is 0 Å². The fourth-order valence-electron chi connectivity index (χ4n) is 2.26. The molecule has 1 saturated heterocycles. The Bertz CT molecular complexity index is 445. The third kappa shape index (κ3) is 3.94. The molecule has 0 aliphatic carbocycles. The number of carbonyl (C=O) groups excluding carboxylic acids is 1. The Kier molecular flexibility index (Phi) is 5.22. The second kappa shape index (κ2) is 6.91. The van der Waals surface area contributed by atoms with Crippen LogP contribution in [0, 0.1) is 0 Å². The molecule has 2 rings (SSSR count). The van der Waals surface area contributed by atoms with Crippen molar-refractivity contribution in [1.29, 1.82) is 0 Å². The maximum absolute atomic E-state index is 12.1. The topological polar surface area (TPSA) is 50.4 Å². The summed E-state index contributed by atoms with van der Waals surface area (Å²) >= 11 is 3.39. The van der Waals surface area contributed by atoms with Gasteiger partial charge in [0.15, 0.2) is 0 Å². The average Bonchev–Trinajstić information content (AvgIpc) is 2.92. The van der Waals surface area contributed by atoms with Crippen molar-refractivity contribution in [3.63, 3.8) is 0 Å². The van der Waals surface area contributed by atoms with E-state index in [9.17, 15) is 4.79 Å². The summed E-state index contributed by atoms with van der Waals surface area (Å²) in [5.41, 5.74) is 0.610. The van der Waals surface area contributed by atoms with Crippen LogP contribution in [0.5, 0.6) is 5.75 Å². The summed E-state index contributed by atoms with van der Waals surface area (Å²) in [6.07, 6.45) is 3.42. The van der Waals surface area contributed by atoms with E-state index in [2.05, 4.69) is 26.6 Å². The van der Waals surface area contributed by atoms with Crippen molar-refractivity contribution < 1.29 is 9.53 Å². The summed E-state index contributed by atoms with van der Waals surface area (Å²) in [6, 6.07) is 5.94.